The summed E-state index contributed by atoms with van der Waals surface area (Å²) in [6.07, 6.45) is 1.78. The van der Waals surface area contributed by atoms with E-state index in [4.69, 9.17) is 5.11 Å². The Morgan fingerprint density at radius 1 is 1.59 bits per heavy atom. The van der Waals surface area contributed by atoms with Crippen molar-refractivity contribution in [2.75, 3.05) is 20.1 Å². The van der Waals surface area contributed by atoms with Crippen molar-refractivity contribution in [2.24, 2.45) is 11.8 Å². The van der Waals surface area contributed by atoms with Gasteiger partial charge in [-0.1, -0.05) is 6.92 Å². The highest BCUT2D eigenvalue weighted by Gasteiger charge is 2.31. The van der Waals surface area contributed by atoms with Crippen LogP contribution in [0.25, 0.3) is 0 Å². The molecule has 0 aromatic heterocycles. The number of carboxylic acid groups (broad SMARTS) is 1. The summed E-state index contributed by atoms with van der Waals surface area (Å²) in [5.41, 5.74) is 0. The summed E-state index contributed by atoms with van der Waals surface area (Å²) in [7, 11) is -1.99. The topological polar surface area (TPSA) is 86.7 Å². The first-order valence-corrected chi connectivity index (χ1v) is 7.21. The van der Waals surface area contributed by atoms with E-state index in [0.29, 0.717) is 13.1 Å². The molecule has 2 N–H and O–H groups in total. The molecule has 17 heavy (non-hydrogen) atoms. The summed E-state index contributed by atoms with van der Waals surface area (Å²) < 4.78 is 27.0. The number of carbonyl (C=O) groups is 1. The maximum atomic E-state index is 11.6. The Balaban J connectivity index is 2.63. The van der Waals surface area contributed by atoms with E-state index in [2.05, 4.69) is 4.72 Å². The van der Waals surface area contributed by atoms with Crippen LogP contribution in [-0.4, -0.2) is 43.9 Å². The van der Waals surface area contributed by atoms with Crippen LogP contribution in [0.4, 0.5) is 0 Å². The van der Waals surface area contributed by atoms with E-state index in [1.165, 1.54) is 11.4 Å². The summed E-state index contributed by atoms with van der Waals surface area (Å²) in [5.74, 6) is -0.698. The van der Waals surface area contributed by atoms with Crippen molar-refractivity contribution in [3.63, 3.8) is 0 Å². The predicted octanol–water partition coefficient (Wildman–Crippen LogP) is 0.273. The normalized spacial score (nSPS) is 24.5. The van der Waals surface area contributed by atoms with Crippen LogP contribution in [0.3, 0.4) is 0 Å². The van der Waals surface area contributed by atoms with Gasteiger partial charge in [-0.15, -0.1) is 0 Å². The van der Waals surface area contributed by atoms with Crippen LogP contribution in [0.5, 0.6) is 0 Å². The van der Waals surface area contributed by atoms with E-state index in [1.54, 1.807) is 0 Å². The molecule has 7 heteroatoms. The summed E-state index contributed by atoms with van der Waals surface area (Å²) in [6, 6.07) is 0. The van der Waals surface area contributed by atoms with E-state index >= 15 is 0 Å². The zero-order valence-corrected chi connectivity index (χ0v) is 11.0. The van der Waals surface area contributed by atoms with Crippen LogP contribution in [0.15, 0.2) is 0 Å². The van der Waals surface area contributed by atoms with Crippen LogP contribution in [-0.2, 0) is 15.0 Å². The van der Waals surface area contributed by atoms with Crippen molar-refractivity contribution in [1.29, 1.82) is 0 Å². The van der Waals surface area contributed by atoms with Gasteiger partial charge in [-0.05, 0) is 24.7 Å². The van der Waals surface area contributed by atoms with Gasteiger partial charge < -0.3 is 5.11 Å². The monoisotopic (exact) mass is 264 g/mol. The maximum Gasteiger partial charge on any atom is 0.303 e. The van der Waals surface area contributed by atoms with Crippen molar-refractivity contribution in [3.8, 4) is 0 Å². The van der Waals surface area contributed by atoms with Crippen molar-refractivity contribution in [1.82, 2.24) is 9.03 Å². The van der Waals surface area contributed by atoms with Crippen LogP contribution in [0.2, 0.25) is 0 Å². The quantitative estimate of drug-likeness (QED) is 0.746. The fraction of sp³-hybridized carbons (Fsp3) is 0.900. The summed E-state index contributed by atoms with van der Waals surface area (Å²) in [5, 5.41) is 8.74. The Hall–Kier alpha value is -0.660. The molecule has 0 aromatic carbocycles. The first-order chi connectivity index (χ1) is 7.86. The molecule has 0 aliphatic carbocycles. The molecule has 0 radical (unpaired) electrons. The van der Waals surface area contributed by atoms with E-state index in [9.17, 15) is 13.2 Å². The van der Waals surface area contributed by atoms with Crippen molar-refractivity contribution in [3.05, 3.63) is 0 Å². The molecule has 1 heterocycles. The maximum absolute atomic E-state index is 11.6. The van der Waals surface area contributed by atoms with E-state index < -0.39 is 16.2 Å². The summed E-state index contributed by atoms with van der Waals surface area (Å²) in [6.45, 7) is 2.80. The molecule has 1 aliphatic heterocycles. The predicted molar refractivity (Wildman–Crippen MR) is 63.7 cm³/mol. The van der Waals surface area contributed by atoms with Gasteiger partial charge in [0, 0.05) is 26.6 Å². The highest BCUT2D eigenvalue weighted by Crippen LogP contribution is 2.27. The Morgan fingerprint density at radius 2 is 2.24 bits per heavy atom. The molecule has 0 saturated carbocycles. The molecule has 0 bridgehead atoms. The number of hydrogen-bond donors (Lipinski definition) is 2. The molecule has 1 saturated heterocycles. The number of piperidine rings is 1. The van der Waals surface area contributed by atoms with Gasteiger partial charge in [-0.3, -0.25) is 4.79 Å². The molecule has 6 nitrogen and oxygen atoms in total. The van der Waals surface area contributed by atoms with Gasteiger partial charge in [-0.2, -0.15) is 12.7 Å². The number of aliphatic carboxylic acids is 1. The van der Waals surface area contributed by atoms with Gasteiger partial charge in [0.25, 0.3) is 10.2 Å². The second-order valence-corrected chi connectivity index (χ2v) is 6.42. The molecule has 2 unspecified atom stereocenters. The number of rotatable bonds is 5. The molecular formula is C10H20N2O4S. The highest BCUT2D eigenvalue weighted by atomic mass is 32.2. The minimum Gasteiger partial charge on any atom is -0.481 e. The Bertz CT molecular complexity index is 369. The van der Waals surface area contributed by atoms with Crippen LogP contribution < -0.4 is 4.72 Å². The smallest absolute Gasteiger partial charge is 0.303 e. The van der Waals surface area contributed by atoms with E-state index in [-0.39, 0.29) is 18.3 Å². The number of carboxylic acids is 1. The molecule has 0 amide bonds. The van der Waals surface area contributed by atoms with Gasteiger partial charge in [0.1, 0.15) is 0 Å². The fourth-order valence-electron chi connectivity index (χ4n) is 2.23. The Kier molecular flexibility index (Phi) is 4.91. The summed E-state index contributed by atoms with van der Waals surface area (Å²) >= 11 is 0. The lowest BCUT2D eigenvalue weighted by molar-refractivity contribution is -0.138. The average molecular weight is 264 g/mol. The second-order valence-electron chi connectivity index (χ2n) is 4.54. The molecule has 0 spiro atoms. The molecule has 0 aromatic rings. The third-order valence-electron chi connectivity index (χ3n) is 3.32. The SMILES string of the molecule is CNS(=O)(=O)N1CCCC(C(C)CC(=O)O)C1. The highest BCUT2D eigenvalue weighted by molar-refractivity contribution is 7.87. The number of nitrogens with zero attached hydrogens (tertiary/aromatic N) is 1. The molecule has 2 atom stereocenters. The van der Waals surface area contributed by atoms with Crippen molar-refractivity contribution < 1.29 is 18.3 Å². The number of hydrogen-bond acceptors (Lipinski definition) is 3. The molecule has 1 rings (SSSR count). The van der Waals surface area contributed by atoms with E-state index in [1.807, 2.05) is 6.92 Å². The molecule has 100 valence electrons. The summed E-state index contributed by atoms with van der Waals surface area (Å²) in [4.78, 5) is 10.6. The van der Waals surface area contributed by atoms with E-state index in [0.717, 1.165) is 12.8 Å². The zero-order valence-electron chi connectivity index (χ0n) is 10.2. The standard InChI is InChI=1S/C10H20N2O4S/c1-8(6-10(13)14)9-4-3-5-12(7-9)17(15,16)11-2/h8-9,11H,3-7H2,1-2H3,(H,13,14). The first kappa shape index (κ1) is 14.4. The second kappa shape index (κ2) is 5.79. The molecule has 1 aliphatic rings. The lowest BCUT2D eigenvalue weighted by atomic mass is 9.85. The minimum absolute atomic E-state index is 0.00218. The Labute approximate surface area is 102 Å². The lowest BCUT2D eigenvalue weighted by Crippen LogP contribution is -2.46. The van der Waals surface area contributed by atoms with Gasteiger partial charge in [0.05, 0.1) is 0 Å². The van der Waals surface area contributed by atoms with Gasteiger partial charge in [-0.25, -0.2) is 4.72 Å². The average Bonchev–Trinajstić information content (AvgIpc) is 2.28. The van der Waals surface area contributed by atoms with Gasteiger partial charge >= 0.3 is 5.97 Å². The lowest BCUT2D eigenvalue weighted by Gasteiger charge is -2.34. The van der Waals surface area contributed by atoms with Crippen molar-refractivity contribution in [2.45, 2.75) is 26.2 Å². The Morgan fingerprint density at radius 3 is 2.76 bits per heavy atom. The van der Waals surface area contributed by atoms with Crippen LogP contribution >= 0.6 is 0 Å². The largest absolute Gasteiger partial charge is 0.481 e. The first-order valence-electron chi connectivity index (χ1n) is 5.77. The van der Waals surface area contributed by atoms with Crippen LogP contribution in [0, 0.1) is 11.8 Å². The molecular weight excluding hydrogens is 244 g/mol. The zero-order chi connectivity index (χ0) is 13.1. The third-order valence-corrected chi connectivity index (χ3v) is 4.85. The minimum atomic E-state index is -3.38. The van der Waals surface area contributed by atoms with Gasteiger partial charge in [0.15, 0.2) is 0 Å². The van der Waals surface area contributed by atoms with Gasteiger partial charge in [0.2, 0.25) is 0 Å². The van der Waals surface area contributed by atoms with Crippen molar-refractivity contribution >= 4 is 16.2 Å². The third kappa shape index (κ3) is 3.93. The molecule has 1 fully saturated rings. The van der Waals surface area contributed by atoms with Crippen LogP contribution in [0.1, 0.15) is 26.2 Å². The fourth-order valence-corrected chi connectivity index (χ4v) is 3.24. The number of nitrogens with one attached hydrogen (secondary N) is 1.